The first-order chi connectivity index (χ1) is 9.38. The highest BCUT2D eigenvalue weighted by atomic mass is 16.5. The van der Waals surface area contributed by atoms with Crippen LogP contribution in [0, 0.1) is 0 Å². The number of ether oxygens (including phenoxy) is 1. The Balaban J connectivity index is 1.62. The normalized spacial score (nSPS) is 17.7. The molecule has 1 saturated carbocycles. The lowest BCUT2D eigenvalue weighted by Crippen LogP contribution is -2.33. The van der Waals surface area contributed by atoms with Crippen LogP contribution in [-0.4, -0.2) is 25.3 Å². The summed E-state index contributed by atoms with van der Waals surface area (Å²) in [5.74, 6) is 0. The minimum absolute atomic E-state index is 0.538. The topological polar surface area (TPSA) is 21.3 Å². The Morgan fingerprint density at radius 3 is 2.63 bits per heavy atom. The third kappa shape index (κ3) is 5.33. The lowest BCUT2D eigenvalue weighted by Gasteiger charge is -2.18. The molecular formula is C17H27NO. The fourth-order valence-corrected chi connectivity index (χ4v) is 2.80. The van der Waals surface area contributed by atoms with Crippen LogP contribution in [0.1, 0.15) is 44.6 Å². The van der Waals surface area contributed by atoms with Crippen molar-refractivity contribution in [2.45, 2.75) is 57.6 Å². The van der Waals surface area contributed by atoms with Gasteiger partial charge >= 0.3 is 0 Å². The molecule has 1 aromatic carbocycles. The zero-order valence-electron chi connectivity index (χ0n) is 12.1. The standard InChI is InChI=1S/C17H27NO/c1-2-16(14-15-8-4-3-5-9-15)18-12-13-19-17-10-6-7-11-17/h3-5,8-9,16-18H,2,6-7,10-14H2,1H3. The van der Waals surface area contributed by atoms with Crippen LogP contribution in [0.25, 0.3) is 0 Å². The van der Waals surface area contributed by atoms with Gasteiger partial charge in [-0.2, -0.15) is 0 Å². The molecule has 1 aromatic rings. The van der Waals surface area contributed by atoms with Gasteiger partial charge in [0.1, 0.15) is 0 Å². The van der Waals surface area contributed by atoms with Gasteiger partial charge in [-0.1, -0.05) is 50.1 Å². The maximum atomic E-state index is 5.89. The Kier molecular flexibility index (Phi) is 6.38. The summed E-state index contributed by atoms with van der Waals surface area (Å²) in [6, 6.07) is 11.3. The third-order valence-electron chi connectivity index (χ3n) is 4.01. The quantitative estimate of drug-likeness (QED) is 0.723. The SMILES string of the molecule is CCC(Cc1ccccc1)NCCOC1CCCC1. The molecule has 2 rings (SSSR count). The molecule has 106 valence electrons. The van der Waals surface area contributed by atoms with Crippen LogP contribution in [-0.2, 0) is 11.2 Å². The molecule has 1 atom stereocenters. The summed E-state index contributed by atoms with van der Waals surface area (Å²) in [5.41, 5.74) is 1.42. The Labute approximate surface area is 117 Å². The van der Waals surface area contributed by atoms with Gasteiger partial charge in [0, 0.05) is 12.6 Å². The highest BCUT2D eigenvalue weighted by molar-refractivity contribution is 5.15. The summed E-state index contributed by atoms with van der Waals surface area (Å²) in [6.07, 6.45) is 8.05. The summed E-state index contributed by atoms with van der Waals surface area (Å²) in [6.45, 7) is 4.08. The van der Waals surface area contributed by atoms with Gasteiger partial charge in [-0.3, -0.25) is 0 Å². The van der Waals surface area contributed by atoms with Gasteiger partial charge in [-0.25, -0.2) is 0 Å². The molecule has 19 heavy (non-hydrogen) atoms. The Hall–Kier alpha value is -0.860. The lowest BCUT2D eigenvalue weighted by molar-refractivity contribution is 0.0590. The molecule has 0 aromatic heterocycles. The molecular weight excluding hydrogens is 234 g/mol. The van der Waals surface area contributed by atoms with E-state index in [2.05, 4.69) is 42.6 Å². The van der Waals surface area contributed by atoms with E-state index in [0.717, 1.165) is 19.6 Å². The zero-order valence-corrected chi connectivity index (χ0v) is 12.1. The number of hydrogen-bond acceptors (Lipinski definition) is 2. The van der Waals surface area contributed by atoms with Gasteiger partial charge in [0.15, 0.2) is 0 Å². The number of nitrogens with one attached hydrogen (secondary N) is 1. The summed E-state index contributed by atoms with van der Waals surface area (Å²) in [5, 5.41) is 3.62. The van der Waals surface area contributed by atoms with E-state index in [9.17, 15) is 0 Å². The fourth-order valence-electron chi connectivity index (χ4n) is 2.80. The molecule has 1 fully saturated rings. The van der Waals surface area contributed by atoms with Crippen LogP contribution in [0.5, 0.6) is 0 Å². The number of hydrogen-bond donors (Lipinski definition) is 1. The molecule has 0 heterocycles. The van der Waals surface area contributed by atoms with Gasteiger partial charge in [-0.15, -0.1) is 0 Å². The second kappa shape index (κ2) is 8.34. The fraction of sp³-hybridized carbons (Fsp3) is 0.647. The first-order valence-corrected chi connectivity index (χ1v) is 7.77. The largest absolute Gasteiger partial charge is 0.377 e. The highest BCUT2D eigenvalue weighted by Gasteiger charge is 2.15. The molecule has 1 aliphatic carbocycles. The summed E-state index contributed by atoms with van der Waals surface area (Å²) < 4.78 is 5.89. The molecule has 0 spiro atoms. The van der Waals surface area contributed by atoms with Crippen LogP contribution in [0.3, 0.4) is 0 Å². The van der Waals surface area contributed by atoms with Gasteiger partial charge < -0.3 is 10.1 Å². The Morgan fingerprint density at radius 1 is 1.21 bits per heavy atom. The van der Waals surface area contributed by atoms with E-state index in [4.69, 9.17) is 4.74 Å². The van der Waals surface area contributed by atoms with Crippen LogP contribution in [0.2, 0.25) is 0 Å². The average Bonchev–Trinajstić information content (AvgIpc) is 2.96. The van der Waals surface area contributed by atoms with Crippen molar-refractivity contribution < 1.29 is 4.74 Å². The second-order valence-corrected chi connectivity index (χ2v) is 5.53. The van der Waals surface area contributed by atoms with Crippen molar-refractivity contribution in [2.75, 3.05) is 13.2 Å². The molecule has 0 aliphatic heterocycles. The number of benzene rings is 1. The molecule has 0 saturated heterocycles. The zero-order chi connectivity index (χ0) is 13.3. The summed E-state index contributed by atoms with van der Waals surface area (Å²) in [4.78, 5) is 0. The van der Waals surface area contributed by atoms with E-state index in [1.807, 2.05) is 0 Å². The van der Waals surface area contributed by atoms with Gasteiger partial charge in [0.05, 0.1) is 12.7 Å². The predicted molar refractivity (Wildman–Crippen MR) is 80.4 cm³/mol. The molecule has 2 heteroatoms. The maximum Gasteiger partial charge on any atom is 0.0594 e. The molecule has 2 nitrogen and oxygen atoms in total. The Bertz CT molecular complexity index is 332. The molecule has 1 aliphatic rings. The third-order valence-corrected chi connectivity index (χ3v) is 4.01. The van der Waals surface area contributed by atoms with Crippen LogP contribution >= 0.6 is 0 Å². The monoisotopic (exact) mass is 261 g/mol. The van der Waals surface area contributed by atoms with Crippen molar-refractivity contribution in [2.24, 2.45) is 0 Å². The molecule has 1 unspecified atom stereocenters. The molecule has 0 bridgehead atoms. The first-order valence-electron chi connectivity index (χ1n) is 7.77. The van der Waals surface area contributed by atoms with E-state index < -0.39 is 0 Å². The van der Waals surface area contributed by atoms with Crippen LogP contribution in [0.4, 0.5) is 0 Å². The van der Waals surface area contributed by atoms with E-state index in [1.165, 1.54) is 37.7 Å². The van der Waals surface area contributed by atoms with Gasteiger partial charge in [0.25, 0.3) is 0 Å². The van der Waals surface area contributed by atoms with Crippen molar-refractivity contribution in [1.29, 1.82) is 0 Å². The smallest absolute Gasteiger partial charge is 0.0594 e. The van der Waals surface area contributed by atoms with Crippen molar-refractivity contribution in [3.8, 4) is 0 Å². The summed E-state index contributed by atoms with van der Waals surface area (Å²) in [7, 11) is 0. The van der Waals surface area contributed by atoms with Gasteiger partial charge in [-0.05, 0) is 31.2 Å². The van der Waals surface area contributed by atoms with E-state index >= 15 is 0 Å². The van der Waals surface area contributed by atoms with E-state index in [1.54, 1.807) is 0 Å². The van der Waals surface area contributed by atoms with Gasteiger partial charge in [0.2, 0.25) is 0 Å². The minimum Gasteiger partial charge on any atom is -0.377 e. The van der Waals surface area contributed by atoms with Crippen molar-refractivity contribution in [1.82, 2.24) is 5.32 Å². The first kappa shape index (κ1) is 14.5. The molecule has 0 radical (unpaired) electrons. The van der Waals surface area contributed by atoms with Crippen molar-refractivity contribution in [3.63, 3.8) is 0 Å². The summed E-state index contributed by atoms with van der Waals surface area (Å²) >= 11 is 0. The van der Waals surface area contributed by atoms with Crippen molar-refractivity contribution in [3.05, 3.63) is 35.9 Å². The molecule has 1 N–H and O–H groups in total. The second-order valence-electron chi connectivity index (χ2n) is 5.53. The van der Waals surface area contributed by atoms with Crippen LogP contribution in [0.15, 0.2) is 30.3 Å². The average molecular weight is 261 g/mol. The highest BCUT2D eigenvalue weighted by Crippen LogP contribution is 2.20. The molecule has 0 amide bonds. The van der Waals surface area contributed by atoms with E-state index in [0.29, 0.717) is 12.1 Å². The lowest BCUT2D eigenvalue weighted by atomic mass is 10.0. The minimum atomic E-state index is 0.538. The number of rotatable bonds is 8. The predicted octanol–water partition coefficient (Wildman–Crippen LogP) is 3.56. The maximum absolute atomic E-state index is 5.89. The Morgan fingerprint density at radius 2 is 1.95 bits per heavy atom. The van der Waals surface area contributed by atoms with Crippen LogP contribution < -0.4 is 5.32 Å². The van der Waals surface area contributed by atoms with E-state index in [-0.39, 0.29) is 0 Å². The van der Waals surface area contributed by atoms with Crippen molar-refractivity contribution >= 4 is 0 Å².